The molecular weight excluding hydrogens is 377 g/mol. The first-order valence-electron chi connectivity index (χ1n) is 11.2. The van der Waals surface area contributed by atoms with Gasteiger partial charge in [-0.15, -0.1) is 0 Å². The predicted octanol–water partition coefficient (Wildman–Crippen LogP) is 4.08. The zero-order chi connectivity index (χ0) is 20.9. The summed E-state index contributed by atoms with van der Waals surface area (Å²) in [5, 5.41) is 3.49. The van der Waals surface area contributed by atoms with Crippen LogP contribution in [0, 0.1) is 11.7 Å². The van der Waals surface area contributed by atoms with E-state index in [0.717, 1.165) is 63.4 Å². The summed E-state index contributed by atoms with van der Waals surface area (Å²) in [5.74, 6) is 1.33. The smallest absolute Gasteiger partial charge is 0.123 e. The second-order valence-corrected chi connectivity index (χ2v) is 8.75. The molecule has 30 heavy (non-hydrogen) atoms. The molecule has 2 fully saturated rings. The third-order valence-corrected chi connectivity index (χ3v) is 6.74. The maximum absolute atomic E-state index is 14.1. The highest BCUT2D eigenvalue weighted by Crippen LogP contribution is 2.37. The Balaban J connectivity index is 1.44. The number of benzene rings is 2. The Labute approximate surface area is 180 Å². The van der Waals surface area contributed by atoms with Crippen LogP contribution in [0.3, 0.4) is 0 Å². The second kappa shape index (κ2) is 9.90. The summed E-state index contributed by atoms with van der Waals surface area (Å²) in [6, 6.07) is 16.4. The number of methoxy groups -OCH3 is 1. The number of hydrogen-bond donors (Lipinski definition) is 1. The van der Waals surface area contributed by atoms with Crippen LogP contribution in [-0.4, -0.2) is 55.7 Å². The number of piperazine rings is 1. The van der Waals surface area contributed by atoms with Crippen molar-refractivity contribution in [2.24, 2.45) is 5.92 Å². The molecule has 4 nitrogen and oxygen atoms in total. The molecule has 1 unspecified atom stereocenters. The number of nitrogens with one attached hydrogen (secondary N) is 1. The van der Waals surface area contributed by atoms with Crippen LogP contribution >= 0.6 is 0 Å². The number of rotatable bonds is 6. The molecule has 2 aromatic carbocycles. The van der Waals surface area contributed by atoms with Crippen molar-refractivity contribution in [1.82, 2.24) is 15.1 Å². The minimum Gasteiger partial charge on any atom is -0.497 e. The Bertz CT molecular complexity index is 804. The summed E-state index contributed by atoms with van der Waals surface area (Å²) in [5.41, 5.74) is 2.46. The van der Waals surface area contributed by atoms with Crippen molar-refractivity contribution in [3.8, 4) is 5.75 Å². The monoisotopic (exact) mass is 411 g/mol. The normalized spacial score (nSPS) is 22.7. The average molecular weight is 412 g/mol. The standard InChI is InChI=1S/C25H34FN3O/c1-19-17-27-12-15-29(19)25(22-4-3-5-23(26)16-22)21-10-13-28(14-11-21)18-20-6-8-24(30-2)9-7-20/h3-9,16,19,21,25,27H,10-15,17-18H2,1-2H3/t19-,25?/m0/s1. The van der Waals surface area contributed by atoms with E-state index < -0.39 is 0 Å². The number of piperidine rings is 1. The van der Waals surface area contributed by atoms with Crippen LogP contribution in [0.15, 0.2) is 48.5 Å². The first kappa shape index (κ1) is 21.3. The van der Waals surface area contributed by atoms with Gasteiger partial charge in [-0.3, -0.25) is 9.80 Å². The highest BCUT2D eigenvalue weighted by atomic mass is 19.1. The minimum absolute atomic E-state index is 0.128. The van der Waals surface area contributed by atoms with Gasteiger partial charge in [0.05, 0.1) is 7.11 Å². The number of halogens is 1. The summed E-state index contributed by atoms with van der Waals surface area (Å²) < 4.78 is 19.3. The van der Waals surface area contributed by atoms with E-state index in [-0.39, 0.29) is 5.82 Å². The fraction of sp³-hybridized carbons (Fsp3) is 0.520. The number of nitrogens with zero attached hydrogens (tertiary/aromatic N) is 2. The Morgan fingerprint density at radius 3 is 2.53 bits per heavy atom. The van der Waals surface area contributed by atoms with Gasteiger partial charge in [0.25, 0.3) is 0 Å². The van der Waals surface area contributed by atoms with E-state index in [1.807, 2.05) is 18.2 Å². The number of likely N-dealkylation sites (tertiary alicyclic amines) is 1. The Morgan fingerprint density at radius 2 is 1.87 bits per heavy atom. The molecule has 5 heteroatoms. The van der Waals surface area contributed by atoms with E-state index in [4.69, 9.17) is 4.74 Å². The zero-order valence-corrected chi connectivity index (χ0v) is 18.2. The van der Waals surface area contributed by atoms with Gasteiger partial charge in [0.15, 0.2) is 0 Å². The van der Waals surface area contributed by atoms with E-state index in [1.54, 1.807) is 19.2 Å². The van der Waals surface area contributed by atoms with Gasteiger partial charge in [-0.25, -0.2) is 4.39 Å². The van der Waals surface area contributed by atoms with E-state index >= 15 is 0 Å². The lowest BCUT2D eigenvalue weighted by molar-refractivity contribution is 0.0458. The van der Waals surface area contributed by atoms with Crippen LogP contribution in [0.2, 0.25) is 0 Å². The Hall–Kier alpha value is -1.95. The fourth-order valence-corrected chi connectivity index (χ4v) is 5.11. The van der Waals surface area contributed by atoms with Crippen LogP contribution in [-0.2, 0) is 6.54 Å². The highest BCUT2D eigenvalue weighted by molar-refractivity contribution is 5.27. The molecule has 2 aliphatic heterocycles. The number of hydrogen-bond acceptors (Lipinski definition) is 4. The van der Waals surface area contributed by atoms with Crippen LogP contribution < -0.4 is 10.1 Å². The highest BCUT2D eigenvalue weighted by Gasteiger charge is 2.35. The molecule has 0 spiro atoms. The van der Waals surface area contributed by atoms with Crippen molar-refractivity contribution in [1.29, 1.82) is 0 Å². The fourth-order valence-electron chi connectivity index (χ4n) is 5.11. The van der Waals surface area contributed by atoms with Gasteiger partial charge in [-0.1, -0.05) is 24.3 Å². The lowest BCUT2D eigenvalue weighted by Crippen LogP contribution is -2.53. The molecular formula is C25H34FN3O. The molecule has 4 rings (SSSR count). The third-order valence-electron chi connectivity index (χ3n) is 6.74. The maximum atomic E-state index is 14.1. The minimum atomic E-state index is -0.128. The first-order valence-corrected chi connectivity index (χ1v) is 11.2. The molecule has 2 saturated heterocycles. The van der Waals surface area contributed by atoms with Crippen LogP contribution in [0.1, 0.15) is 36.9 Å². The molecule has 162 valence electrons. The number of ether oxygens (including phenoxy) is 1. The average Bonchev–Trinajstić information content (AvgIpc) is 2.77. The first-order chi connectivity index (χ1) is 14.6. The van der Waals surface area contributed by atoms with Gasteiger partial charge in [0.1, 0.15) is 11.6 Å². The van der Waals surface area contributed by atoms with Crippen molar-refractivity contribution in [2.75, 3.05) is 39.8 Å². The predicted molar refractivity (Wildman–Crippen MR) is 119 cm³/mol. The maximum Gasteiger partial charge on any atom is 0.123 e. The van der Waals surface area contributed by atoms with Crippen LogP contribution in [0.25, 0.3) is 0 Å². The lowest BCUT2D eigenvalue weighted by atomic mass is 9.83. The van der Waals surface area contributed by atoms with E-state index in [0.29, 0.717) is 18.0 Å². The quantitative estimate of drug-likeness (QED) is 0.775. The molecule has 0 amide bonds. The summed E-state index contributed by atoms with van der Waals surface area (Å²) >= 11 is 0. The van der Waals surface area contributed by atoms with E-state index in [2.05, 4.69) is 40.2 Å². The van der Waals surface area contributed by atoms with Gasteiger partial charge in [0.2, 0.25) is 0 Å². The summed E-state index contributed by atoms with van der Waals surface area (Å²) in [6.45, 7) is 8.47. The topological polar surface area (TPSA) is 27.7 Å². The molecule has 2 heterocycles. The zero-order valence-electron chi connectivity index (χ0n) is 18.2. The van der Waals surface area contributed by atoms with Crippen LogP contribution in [0.4, 0.5) is 4.39 Å². The second-order valence-electron chi connectivity index (χ2n) is 8.75. The molecule has 2 atom stereocenters. The summed E-state index contributed by atoms with van der Waals surface area (Å²) in [7, 11) is 1.70. The Morgan fingerprint density at radius 1 is 1.10 bits per heavy atom. The van der Waals surface area contributed by atoms with Gasteiger partial charge < -0.3 is 10.1 Å². The summed E-state index contributed by atoms with van der Waals surface area (Å²) in [6.07, 6.45) is 2.29. The van der Waals surface area contributed by atoms with Crippen molar-refractivity contribution >= 4 is 0 Å². The van der Waals surface area contributed by atoms with Gasteiger partial charge >= 0.3 is 0 Å². The van der Waals surface area contributed by atoms with Crippen molar-refractivity contribution in [2.45, 2.75) is 38.4 Å². The SMILES string of the molecule is COc1ccc(CN2CCC(C(c3cccc(F)c3)N3CCNC[C@@H]3C)CC2)cc1. The van der Waals surface area contributed by atoms with Gasteiger partial charge in [0, 0.05) is 38.3 Å². The molecule has 0 bridgehead atoms. The molecule has 0 radical (unpaired) electrons. The van der Waals surface area contributed by atoms with Gasteiger partial charge in [-0.05, 0) is 74.2 Å². The Kier molecular flexibility index (Phi) is 7.03. The molecule has 0 aromatic heterocycles. The molecule has 1 N–H and O–H groups in total. The molecule has 2 aromatic rings. The van der Waals surface area contributed by atoms with E-state index in [9.17, 15) is 4.39 Å². The molecule has 0 aliphatic carbocycles. The van der Waals surface area contributed by atoms with Crippen molar-refractivity contribution in [3.63, 3.8) is 0 Å². The van der Waals surface area contributed by atoms with E-state index in [1.165, 1.54) is 5.56 Å². The largest absolute Gasteiger partial charge is 0.497 e. The lowest BCUT2D eigenvalue weighted by Gasteiger charge is -2.46. The summed E-state index contributed by atoms with van der Waals surface area (Å²) in [4.78, 5) is 5.15. The molecule has 2 aliphatic rings. The van der Waals surface area contributed by atoms with Gasteiger partial charge in [-0.2, -0.15) is 0 Å². The van der Waals surface area contributed by atoms with Crippen molar-refractivity contribution < 1.29 is 9.13 Å². The molecule has 0 saturated carbocycles. The van der Waals surface area contributed by atoms with Crippen LogP contribution in [0.5, 0.6) is 5.75 Å². The van der Waals surface area contributed by atoms with Crippen molar-refractivity contribution in [3.05, 3.63) is 65.5 Å². The third kappa shape index (κ3) is 5.02.